The van der Waals surface area contributed by atoms with Gasteiger partial charge in [0.15, 0.2) is 0 Å². The van der Waals surface area contributed by atoms with Gasteiger partial charge in [-0.1, -0.05) is 17.7 Å². The van der Waals surface area contributed by atoms with Gasteiger partial charge in [0.05, 0.1) is 29.5 Å². The summed E-state index contributed by atoms with van der Waals surface area (Å²) in [6.07, 6.45) is 0. The number of benzene rings is 1. The lowest BCUT2D eigenvalue weighted by Gasteiger charge is -2.29. The molecule has 1 unspecified atom stereocenters. The average Bonchev–Trinajstić information content (AvgIpc) is 2.42. The third-order valence-corrected chi connectivity index (χ3v) is 3.71. The summed E-state index contributed by atoms with van der Waals surface area (Å²) < 4.78 is 5.30. The number of ether oxygens (including phenoxy) is 1. The molecular weight excluding hydrogens is 278 g/mol. The maximum Gasteiger partial charge on any atom is 0.253 e. The van der Waals surface area contributed by atoms with Crippen LogP contribution in [0, 0.1) is 0 Å². The van der Waals surface area contributed by atoms with Crippen LogP contribution < -0.4 is 11.1 Å². The molecule has 0 aliphatic carbocycles. The lowest BCUT2D eigenvalue weighted by Crippen LogP contribution is -2.46. The minimum Gasteiger partial charge on any atom is -0.398 e. The van der Waals surface area contributed by atoms with Crippen LogP contribution in [0.3, 0.4) is 0 Å². The van der Waals surface area contributed by atoms with Gasteiger partial charge in [-0.05, 0) is 19.1 Å². The third kappa shape index (κ3) is 3.85. The van der Waals surface area contributed by atoms with E-state index in [0.29, 0.717) is 16.3 Å². The van der Waals surface area contributed by atoms with Crippen LogP contribution in [0.25, 0.3) is 0 Å². The predicted octanol–water partition coefficient (Wildman–Crippen LogP) is 1.37. The Balaban J connectivity index is 1.91. The van der Waals surface area contributed by atoms with E-state index >= 15 is 0 Å². The second-order valence-electron chi connectivity index (χ2n) is 5.00. The van der Waals surface area contributed by atoms with Gasteiger partial charge in [-0.2, -0.15) is 0 Å². The molecule has 1 aliphatic heterocycles. The van der Waals surface area contributed by atoms with Gasteiger partial charge in [0.2, 0.25) is 0 Å². The van der Waals surface area contributed by atoms with Crippen LogP contribution in [0.4, 0.5) is 5.69 Å². The summed E-state index contributed by atoms with van der Waals surface area (Å²) in [4.78, 5) is 14.4. The molecule has 1 amide bonds. The minimum atomic E-state index is -0.192. The number of hydrogen-bond acceptors (Lipinski definition) is 4. The van der Waals surface area contributed by atoms with E-state index in [-0.39, 0.29) is 11.9 Å². The largest absolute Gasteiger partial charge is 0.398 e. The van der Waals surface area contributed by atoms with E-state index in [1.807, 2.05) is 6.92 Å². The quantitative estimate of drug-likeness (QED) is 0.824. The summed E-state index contributed by atoms with van der Waals surface area (Å²) in [6, 6.07) is 5.12. The number of hydrogen-bond donors (Lipinski definition) is 2. The summed E-state index contributed by atoms with van der Waals surface area (Å²) in [5.41, 5.74) is 6.54. The Hall–Kier alpha value is -1.30. The van der Waals surface area contributed by atoms with Crippen LogP contribution in [0.15, 0.2) is 18.2 Å². The fraction of sp³-hybridized carbons (Fsp3) is 0.500. The molecule has 0 radical (unpaired) electrons. The maximum absolute atomic E-state index is 12.2. The average molecular weight is 298 g/mol. The van der Waals surface area contributed by atoms with Crippen LogP contribution >= 0.6 is 11.6 Å². The fourth-order valence-electron chi connectivity index (χ4n) is 2.24. The van der Waals surface area contributed by atoms with Crippen LogP contribution in [-0.2, 0) is 4.74 Å². The number of nitrogen functional groups attached to an aromatic ring is 1. The number of anilines is 1. The van der Waals surface area contributed by atoms with Crippen LogP contribution in [0.2, 0.25) is 5.02 Å². The molecule has 1 atom stereocenters. The van der Waals surface area contributed by atoms with Gasteiger partial charge in [0.1, 0.15) is 0 Å². The maximum atomic E-state index is 12.2. The molecule has 0 bridgehead atoms. The lowest BCUT2D eigenvalue weighted by atomic mass is 10.1. The van der Waals surface area contributed by atoms with Crippen molar-refractivity contribution in [1.82, 2.24) is 10.2 Å². The molecule has 1 fully saturated rings. The number of nitrogens with one attached hydrogen (secondary N) is 1. The van der Waals surface area contributed by atoms with E-state index in [0.717, 1.165) is 32.8 Å². The summed E-state index contributed by atoms with van der Waals surface area (Å²) >= 11 is 6.05. The van der Waals surface area contributed by atoms with Gasteiger partial charge in [-0.25, -0.2) is 0 Å². The van der Waals surface area contributed by atoms with Crippen molar-refractivity contribution in [2.24, 2.45) is 0 Å². The van der Waals surface area contributed by atoms with Crippen molar-refractivity contribution >= 4 is 23.2 Å². The molecule has 5 nitrogen and oxygen atoms in total. The van der Waals surface area contributed by atoms with Gasteiger partial charge in [-0.3, -0.25) is 9.69 Å². The fourth-order valence-corrected chi connectivity index (χ4v) is 2.46. The molecule has 1 aromatic rings. The van der Waals surface area contributed by atoms with Crippen LogP contribution in [0.5, 0.6) is 0 Å². The number of carbonyl (C=O) groups excluding carboxylic acids is 1. The Kier molecular flexibility index (Phi) is 5.23. The highest BCUT2D eigenvalue weighted by Crippen LogP contribution is 2.22. The molecule has 1 aromatic carbocycles. The topological polar surface area (TPSA) is 67.6 Å². The van der Waals surface area contributed by atoms with E-state index in [4.69, 9.17) is 22.1 Å². The van der Waals surface area contributed by atoms with E-state index in [1.54, 1.807) is 18.2 Å². The van der Waals surface area contributed by atoms with Gasteiger partial charge in [-0.15, -0.1) is 0 Å². The van der Waals surface area contributed by atoms with Crippen molar-refractivity contribution in [3.8, 4) is 0 Å². The number of halogens is 1. The first-order valence-electron chi connectivity index (χ1n) is 6.73. The molecule has 2 rings (SSSR count). The number of amides is 1. The van der Waals surface area contributed by atoms with E-state index in [9.17, 15) is 4.79 Å². The van der Waals surface area contributed by atoms with Crippen LogP contribution in [0.1, 0.15) is 17.3 Å². The summed E-state index contributed by atoms with van der Waals surface area (Å²) in [5.74, 6) is -0.192. The van der Waals surface area contributed by atoms with E-state index in [2.05, 4.69) is 10.2 Å². The highest BCUT2D eigenvalue weighted by molar-refractivity contribution is 6.36. The molecular formula is C14H20ClN3O2. The second kappa shape index (κ2) is 6.92. The minimum absolute atomic E-state index is 0.0399. The summed E-state index contributed by atoms with van der Waals surface area (Å²) in [6.45, 7) is 6.09. The molecule has 0 saturated carbocycles. The van der Waals surface area contributed by atoms with Crippen molar-refractivity contribution in [2.45, 2.75) is 13.0 Å². The Labute approximate surface area is 124 Å². The van der Waals surface area contributed by atoms with Crippen molar-refractivity contribution in [3.05, 3.63) is 28.8 Å². The number of nitrogens with zero attached hydrogens (tertiary/aromatic N) is 1. The smallest absolute Gasteiger partial charge is 0.253 e. The first-order valence-corrected chi connectivity index (χ1v) is 7.10. The predicted molar refractivity (Wildman–Crippen MR) is 80.1 cm³/mol. The molecule has 0 spiro atoms. The normalized spacial score (nSPS) is 17.7. The van der Waals surface area contributed by atoms with E-state index < -0.39 is 0 Å². The van der Waals surface area contributed by atoms with Gasteiger partial charge in [0, 0.05) is 25.7 Å². The molecule has 20 heavy (non-hydrogen) atoms. The van der Waals surface area contributed by atoms with Crippen molar-refractivity contribution < 1.29 is 9.53 Å². The first-order chi connectivity index (χ1) is 9.58. The lowest BCUT2D eigenvalue weighted by molar-refractivity contribution is 0.0342. The molecule has 1 saturated heterocycles. The second-order valence-corrected chi connectivity index (χ2v) is 5.37. The Morgan fingerprint density at radius 3 is 2.90 bits per heavy atom. The molecule has 1 aliphatic rings. The van der Waals surface area contributed by atoms with Gasteiger partial charge >= 0.3 is 0 Å². The van der Waals surface area contributed by atoms with Crippen molar-refractivity contribution in [3.63, 3.8) is 0 Å². The zero-order valence-corrected chi connectivity index (χ0v) is 12.3. The summed E-state index contributed by atoms with van der Waals surface area (Å²) in [7, 11) is 0. The number of nitrogens with two attached hydrogens (primary N) is 1. The van der Waals surface area contributed by atoms with Gasteiger partial charge < -0.3 is 15.8 Å². The number of rotatable bonds is 4. The zero-order valence-electron chi connectivity index (χ0n) is 11.6. The molecule has 1 heterocycles. The SMILES string of the molecule is CC(CN1CCOCC1)NC(=O)c1cccc(N)c1Cl. The molecule has 3 N–H and O–H groups in total. The highest BCUT2D eigenvalue weighted by atomic mass is 35.5. The number of morpholine rings is 1. The van der Waals surface area contributed by atoms with Gasteiger partial charge in [0.25, 0.3) is 5.91 Å². The first kappa shape index (κ1) is 15.1. The Morgan fingerprint density at radius 1 is 1.50 bits per heavy atom. The van der Waals surface area contributed by atoms with Crippen LogP contribution in [-0.4, -0.2) is 49.7 Å². The third-order valence-electron chi connectivity index (χ3n) is 3.29. The molecule has 110 valence electrons. The summed E-state index contributed by atoms with van der Waals surface area (Å²) in [5, 5.41) is 3.26. The van der Waals surface area contributed by atoms with Crippen molar-refractivity contribution in [2.75, 3.05) is 38.6 Å². The monoisotopic (exact) mass is 297 g/mol. The van der Waals surface area contributed by atoms with E-state index in [1.165, 1.54) is 0 Å². The van der Waals surface area contributed by atoms with Crippen molar-refractivity contribution in [1.29, 1.82) is 0 Å². The Bertz CT molecular complexity index is 475. The molecule has 6 heteroatoms. The molecule has 0 aromatic heterocycles. The zero-order chi connectivity index (χ0) is 14.5. The highest BCUT2D eigenvalue weighted by Gasteiger charge is 2.17. The Morgan fingerprint density at radius 2 is 2.20 bits per heavy atom. The number of carbonyl (C=O) groups is 1. The standard InChI is InChI=1S/C14H20ClN3O2/c1-10(9-18-5-7-20-8-6-18)17-14(19)11-3-2-4-12(16)13(11)15/h2-4,10H,5-9,16H2,1H3,(H,17,19).